The van der Waals surface area contributed by atoms with Gasteiger partial charge in [-0.3, -0.25) is 4.79 Å². The van der Waals surface area contributed by atoms with Crippen LogP contribution in [0.25, 0.3) is 0 Å². The highest BCUT2D eigenvalue weighted by Crippen LogP contribution is 2.19. The Labute approximate surface area is 107 Å². The Balaban J connectivity index is 2.44. The van der Waals surface area contributed by atoms with Crippen LogP contribution >= 0.6 is 0 Å². The zero-order chi connectivity index (χ0) is 13.4. The van der Waals surface area contributed by atoms with Crippen LogP contribution in [0.2, 0.25) is 0 Å². The molecule has 2 N–H and O–H groups in total. The number of rotatable bonds is 8. The minimum Gasteiger partial charge on any atom is -0.494 e. The third kappa shape index (κ3) is 4.45. The van der Waals surface area contributed by atoms with E-state index >= 15 is 0 Å². The number of nitrogens with two attached hydrogens (primary N) is 1. The maximum absolute atomic E-state index is 13.4. The molecular weight excluding hydrogens is 233 g/mol. The summed E-state index contributed by atoms with van der Waals surface area (Å²) in [7, 11) is 1.40. The number of ketones is 1. The second-order valence-electron chi connectivity index (χ2n) is 4.23. The zero-order valence-electron chi connectivity index (χ0n) is 10.7. The summed E-state index contributed by atoms with van der Waals surface area (Å²) in [5.41, 5.74) is 5.79. The molecule has 0 bridgehead atoms. The molecule has 4 heteroatoms. The van der Waals surface area contributed by atoms with Crippen molar-refractivity contribution in [2.45, 2.75) is 32.1 Å². The van der Waals surface area contributed by atoms with Gasteiger partial charge in [-0.2, -0.15) is 0 Å². The van der Waals surface area contributed by atoms with Gasteiger partial charge in [0.15, 0.2) is 17.3 Å². The molecular formula is C14H20FNO2. The SMILES string of the molecule is COc1ccc(C(=O)CCCCCCN)cc1F. The Bertz CT molecular complexity index is 393. The summed E-state index contributed by atoms with van der Waals surface area (Å²) in [4.78, 5) is 11.8. The third-order valence-corrected chi connectivity index (χ3v) is 2.83. The fourth-order valence-electron chi connectivity index (χ4n) is 1.77. The van der Waals surface area contributed by atoms with Gasteiger partial charge in [-0.1, -0.05) is 12.8 Å². The highest BCUT2D eigenvalue weighted by Gasteiger charge is 2.09. The minimum atomic E-state index is -0.494. The number of ether oxygens (including phenoxy) is 1. The number of hydrogen-bond donors (Lipinski definition) is 1. The summed E-state index contributed by atoms with van der Waals surface area (Å²) in [5, 5.41) is 0. The second-order valence-corrected chi connectivity index (χ2v) is 4.23. The fourth-order valence-corrected chi connectivity index (χ4v) is 1.77. The molecule has 0 saturated carbocycles. The van der Waals surface area contributed by atoms with Crippen molar-refractivity contribution < 1.29 is 13.9 Å². The lowest BCUT2D eigenvalue weighted by atomic mass is 10.0. The molecule has 100 valence electrons. The van der Waals surface area contributed by atoms with Gasteiger partial charge in [0.25, 0.3) is 0 Å². The van der Waals surface area contributed by atoms with Crippen molar-refractivity contribution in [1.29, 1.82) is 0 Å². The van der Waals surface area contributed by atoms with Crippen molar-refractivity contribution in [2.75, 3.05) is 13.7 Å². The van der Waals surface area contributed by atoms with Crippen molar-refractivity contribution in [3.63, 3.8) is 0 Å². The van der Waals surface area contributed by atoms with Gasteiger partial charge in [-0.15, -0.1) is 0 Å². The molecule has 0 aliphatic rings. The molecule has 0 unspecified atom stereocenters. The average Bonchev–Trinajstić information content (AvgIpc) is 2.38. The molecule has 18 heavy (non-hydrogen) atoms. The Morgan fingerprint density at radius 1 is 1.28 bits per heavy atom. The average molecular weight is 253 g/mol. The molecule has 0 atom stereocenters. The number of Topliss-reactive ketones (excluding diaryl/α,β-unsaturated/α-hetero) is 1. The fraction of sp³-hybridized carbons (Fsp3) is 0.500. The van der Waals surface area contributed by atoms with Gasteiger partial charge in [0, 0.05) is 12.0 Å². The Kier molecular flexibility index (Phi) is 6.36. The van der Waals surface area contributed by atoms with E-state index in [1.54, 1.807) is 6.07 Å². The topological polar surface area (TPSA) is 52.3 Å². The normalized spacial score (nSPS) is 10.4. The molecule has 0 spiro atoms. The zero-order valence-corrected chi connectivity index (χ0v) is 10.7. The first-order valence-corrected chi connectivity index (χ1v) is 6.26. The van der Waals surface area contributed by atoms with Crippen LogP contribution < -0.4 is 10.5 Å². The quantitative estimate of drug-likeness (QED) is 0.572. The molecule has 0 fully saturated rings. The molecule has 0 radical (unpaired) electrons. The molecule has 0 aliphatic heterocycles. The minimum absolute atomic E-state index is 0.0238. The van der Waals surface area contributed by atoms with E-state index in [0.29, 0.717) is 18.5 Å². The molecule has 0 aliphatic carbocycles. The van der Waals surface area contributed by atoms with E-state index in [4.69, 9.17) is 10.5 Å². The van der Waals surface area contributed by atoms with E-state index in [1.807, 2.05) is 0 Å². The number of hydrogen-bond acceptors (Lipinski definition) is 3. The molecule has 0 saturated heterocycles. The van der Waals surface area contributed by atoms with Crippen LogP contribution in [0, 0.1) is 5.82 Å². The van der Waals surface area contributed by atoms with Crippen molar-refractivity contribution in [1.82, 2.24) is 0 Å². The van der Waals surface area contributed by atoms with Crippen LogP contribution in [-0.2, 0) is 0 Å². The van der Waals surface area contributed by atoms with E-state index in [9.17, 15) is 9.18 Å². The molecule has 1 rings (SSSR count). The molecule has 0 heterocycles. The first-order valence-electron chi connectivity index (χ1n) is 6.26. The van der Waals surface area contributed by atoms with E-state index in [1.165, 1.54) is 19.2 Å². The van der Waals surface area contributed by atoms with Gasteiger partial charge in [0.1, 0.15) is 0 Å². The Morgan fingerprint density at radius 3 is 2.61 bits per heavy atom. The van der Waals surface area contributed by atoms with Crippen LogP contribution in [0.1, 0.15) is 42.5 Å². The van der Waals surface area contributed by atoms with Crippen LogP contribution in [0.15, 0.2) is 18.2 Å². The lowest BCUT2D eigenvalue weighted by Gasteiger charge is -2.04. The summed E-state index contributed by atoms with van der Waals surface area (Å²) >= 11 is 0. The molecule has 0 amide bonds. The Morgan fingerprint density at radius 2 is 2.00 bits per heavy atom. The van der Waals surface area contributed by atoms with Gasteiger partial charge < -0.3 is 10.5 Å². The monoisotopic (exact) mass is 253 g/mol. The molecule has 3 nitrogen and oxygen atoms in total. The molecule has 1 aromatic rings. The number of unbranched alkanes of at least 4 members (excludes halogenated alkanes) is 3. The smallest absolute Gasteiger partial charge is 0.165 e. The predicted octanol–water partition coefficient (Wildman–Crippen LogP) is 2.93. The van der Waals surface area contributed by atoms with E-state index in [2.05, 4.69) is 0 Å². The largest absolute Gasteiger partial charge is 0.494 e. The van der Waals surface area contributed by atoms with Crippen molar-refractivity contribution in [3.8, 4) is 5.75 Å². The van der Waals surface area contributed by atoms with Gasteiger partial charge >= 0.3 is 0 Å². The highest BCUT2D eigenvalue weighted by atomic mass is 19.1. The lowest BCUT2D eigenvalue weighted by Crippen LogP contribution is -2.01. The van der Waals surface area contributed by atoms with Gasteiger partial charge in [-0.05, 0) is 37.6 Å². The van der Waals surface area contributed by atoms with E-state index in [0.717, 1.165) is 25.7 Å². The first-order chi connectivity index (χ1) is 8.69. The van der Waals surface area contributed by atoms with Gasteiger partial charge in [0.05, 0.1) is 7.11 Å². The maximum atomic E-state index is 13.4. The second kappa shape index (κ2) is 7.82. The van der Waals surface area contributed by atoms with E-state index < -0.39 is 5.82 Å². The maximum Gasteiger partial charge on any atom is 0.165 e. The molecule has 0 aromatic heterocycles. The summed E-state index contributed by atoms with van der Waals surface area (Å²) in [6.07, 6.45) is 4.30. The van der Waals surface area contributed by atoms with Crippen LogP contribution in [0.4, 0.5) is 4.39 Å². The molecule has 1 aromatic carbocycles. The third-order valence-electron chi connectivity index (χ3n) is 2.83. The first kappa shape index (κ1) is 14.6. The van der Waals surface area contributed by atoms with Gasteiger partial charge in [0.2, 0.25) is 0 Å². The summed E-state index contributed by atoms with van der Waals surface area (Å²) in [6, 6.07) is 4.32. The van der Waals surface area contributed by atoms with E-state index in [-0.39, 0.29) is 11.5 Å². The van der Waals surface area contributed by atoms with Crippen LogP contribution in [0.3, 0.4) is 0 Å². The standard InChI is InChI=1S/C14H20FNO2/c1-18-14-8-7-11(10-12(14)15)13(17)6-4-2-3-5-9-16/h7-8,10H,2-6,9,16H2,1H3. The van der Waals surface area contributed by atoms with Crippen molar-refractivity contribution in [2.24, 2.45) is 5.73 Å². The number of benzene rings is 1. The van der Waals surface area contributed by atoms with Crippen molar-refractivity contribution in [3.05, 3.63) is 29.6 Å². The number of halogens is 1. The predicted molar refractivity (Wildman–Crippen MR) is 69.4 cm³/mol. The number of carbonyl (C=O) groups is 1. The summed E-state index contributed by atoms with van der Waals surface area (Å²) in [5.74, 6) is -0.356. The van der Waals surface area contributed by atoms with Crippen molar-refractivity contribution >= 4 is 5.78 Å². The van der Waals surface area contributed by atoms with Crippen LogP contribution in [0.5, 0.6) is 5.75 Å². The number of carbonyl (C=O) groups excluding carboxylic acids is 1. The highest BCUT2D eigenvalue weighted by molar-refractivity contribution is 5.96. The summed E-state index contributed by atoms with van der Waals surface area (Å²) < 4.78 is 18.2. The van der Waals surface area contributed by atoms with Gasteiger partial charge in [-0.25, -0.2) is 4.39 Å². The van der Waals surface area contributed by atoms with Crippen LogP contribution in [-0.4, -0.2) is 19.4 Å². The Hall–Kier alpha value is -1.42. The summed E-state index contributed by atoms with van der Waals surface area (Å²) in [6.45, 7) is 0.692. The number of methoxy groups -OCH3 is 1. The lowest BCUT2D eigenvalue weighted by molar-refractivity contribution is 0.0978.